The number of carbonyl (C=O) groups excluding carboxylic acids is 4. The summed E-state index contributed by atoms with van der Waals surface area (Å²) in [6.45, 7) is 16.1. The third-order valence-electron chi connectivity index (χ3n) is 6.37. The molecule has 0 fully saturated rings. The highest BCUT2D eigenvalue weighted by Gasteiger charge is 2.38. The molecule has 2 aromatic carbocycles. The van der Waals surface area contributed by atoms with Crippen molar-refractivity contribution in [1.29, 1.82) is 0 Å². The molecule has 2 rings (SSSR count). The molecule has 3 amide bonds. The van der Waals surface area contributed by atoms with Gasteiger partial charge in [0.2, 0.25) is 11.8 Å². The number of alkyl carbamates (subject to hydrolysis) is 1. The van der Waals surface area contributed by atoms with Gasteiger partial charge < -0.3 is 25.0 Å². The standard InChI is InChI=1S/C33H47N3O6S/c1-10-36(29(38)26(20-43)35-31(40)42-33(7,8)9)27(24-17-16-21(2)18-22(24)3)28(37)34-25(30(39)41-32(4,5)6)19-23-14-12-11-13-15-23/h11-18,25-27,43H,10,19-20H2,1-9H3,(H,34,37)(H,35,40). The van der Waals surface area contributed by atoms with Crippen LogP contribution in [0.5, 0.6) is 0 Å². The Kier molecular flexibility index (Phi) is 12.7. The maximum atomic E-state index is 14.2. The average Bonchev–Trinajstić information content (AvgIpc) is 2.88. The summed E-state index contributed by atoms with van der Waals surface area (Å²) < 4.78 is 11.0. The Bertz CT molecular complexity index is 1270. The van der Waals surface area contributed by atoms with Gasteiger partial charge in [0.05, 0.1) is 0 Å². The van der Waals surface area contributed by atoms with Crippen LogP contribution >= 0.6 is 12.6 Å². The van der Waals surface area contributed by atoms with Gasteiger partial charge in [-0.3, -0.25) is 9.59 Å². The molecule has 2 aromatic rings. The molecule has 0 bridgehead atoms. The number of amides is 3. The predicted octanol–water partition coefficient (Wildman–Crippen LogP) is 5.09. The lowest BCUT2D eigenvalue weighted by atomic mass is 9.96. The first-order chi connectivity index (χ1) is 20.0. The second kappa shape index (κ2) is 15.3. The van der Waals surface area contributed by atoms with Crippen LogP contribution < -0.4 is 10.6 Å². The molecule has 0 heterocycles. The maximum absolute atomic E-state index is 14.2. The van der Waals surface area contributed by atoms with Gasteiger partial charge in [-0.05, 0) is 79.0 Å². The molecule has 0 aliphatic heterocycles. The minimum Gasteiger partial charge on any atom is -0.458 e. The van der Waals surface area contributed by atoms with E-state index in [0.717, 1.165) is 16.7 Å². The van der Waals surface area contributed by atoms with Crippen LogP contribution in [0.15, 0.2) is 48.5 Å². The van der Waals surface area contributed by atoms with E-state index >= 15 is 0 Å². The molecule has 0 aliphatic rings. The van der Waals surface area contributed by atoms with Gasteiger partial charge in [-0.2, -0.15) is 12.6 Å². The summed E-state index contributed by atoms with van der Waals surface area (Å²) in [5.41, 5.74) is 1.67. The van der Waals surface area contributed by atoms with Crippen LogP contribution in [0.25, 0.3) is 0 Å². The summed E-state index contributed by atoms with van der Waals surface area (Å²) in [6.07, 6.45) is -0.572. The number of rotatable bonds is 11. The average molecular weight is 614 g/mol. The second-order valence-corrected chi connectivity index (χ2v) is 12.9. The van der Waals surface area contributed by atoms with Gasteiger partial charge in [0.15, 0.2) is 0 Å². The lowest BCUT2D eigenvalue weighted by Crippen LogP contribution is -2.55. The summed E-state index contributed by atoms with van der Waals surface area (Å²) in [5.74, 6) is -1.67. The van der Waals surface area contributed by atoms with E-state index in [1.807, 2.05) is 62.4 Å². The van der Waals surface area contributed by atoms with E-state index in [1.54, 1.807) is 48.5 Å². The maximum Gasteiger partial charge on any atom is 0.408 e. The largest absolute Gasteiger partial charge is 0.458 e. The van der Waals surface area contributed by atoms with Crippen LogP contribution in [-0.4, -0.2) is 64.4 Å². The van der Waals surface area contributed by atoms with Crippen molar-refractivity contribution in [3.63, 3.8) is 0 Å². The fourth-order valence-corrected chi connectivity index (χ4v) is 4.80. The third kappa shape index (κ3) is 11.2. The normalized spacial score (nSPS) is 13.7. The zero-order chi connectivity index (χ0) is 32.5. The van der Waals surface area contributed by atoms with Crippen molar-refractivity contribution >= 4 is 36.5 Å². The van der Waals surface area contributed by atoms with Crippen molar-refractivity contribution in [3.05, 3.63) is 70.8 Å². The zero-order valence-electron chi connectivity index (χ0n) is 26.8. The fourth-order valence-electron chi connectivity index (χ4n) is 4.55. The molecular formula is C33H47N3O6S. The molecule has 9 nitrogen and oxygen atoms in total. The van der Waals surface area contributed by atoms with Gasteiger partial charge in [-0.25, -0.2) is 9.59 Å². The SMILES string of the molecule is CCN(C(=O)C(CS)NC(=O)OC(C)(C)C)C(C(=O)NC(Cc1ccccc1)C(=O)OC(C)(C)C)c1ccc(C)cc1C. The van der Waals surface area contributed by atoms with Crippen LogP contribution in [-0.2, 0) is 30.3 Å². The van der Waals surface area contributed by atoms with E-state index < -0.39 is 53.2 Å². The Morgan fingerprint density at radius 1 is 0.860 bits per heavy atom. The fraction of sp³-hybridized carbons (Fsp3) is 0.515. The highest BCUT2D eigenvalue weighted by Crippen LogP contribution is 2.27. The number of likely N-dealkylation sites (N-methyl/N-ethyl adjacent to an activating group) is 1. The third-order valence-corrected chi connectivity index (χ3v) is 6.73. The number of hydrogen-bond acceptors (Lipinski definition) is 7. The predicted molar refractivity (Wildman–Crippen MR) is 171 cm³/mol. The van der Waals surface area contributed by atoms with Gasteiger partial charge in [-0.15, -0.1) is 0 Å². The Balaban J connectivity index is 2.52. The Labute approximate surface area is 261 Å². The minimum absolute atomic E-state index is 0.0235. The van der Waals surface area contributed by atoms with E-state index in [1.165, 1.54) is 4.90 Å². The molecular weight excluding hydrogens is 566 g/mol. The lowest BCUT2D eigenvalue weighted by Gasteiger charge is -2.35. The first-order valence-corrected chi connectivity index (χ1v) is 15.1. The number of nitrogens with zero attached hydrogens (tertiary/aromatic N) is 1. The first-order valence-electron chi connectivity index (χ1n) is 14.5. The summed E-state index contributed by atoms with van der Waals surface area (Å²) >= 11 is 4.31. The quantitative estimate of drug-likeness (QED) is 0.241. The van der Waals surface area contributed by atoms with Crippen molar-refractivity contribution in [3.8, 4) is 0 Å². The lowest BCUT2D eigenvalue weighted by molar-refractivity contribution is -0.159. The topological polar surface area (TPSA) is 114 Å². The van der Waals surface area contributed by atoms with Crippen molar-refractivity contribution in [2.24, 2.45) is 0 Å². The van der Waals surface area contributed by atoms with E-state index in [-0.39, 0.29) is 18.7 Å². The molecule has 236 valence electrons. The number of benzene rings is 2. The summed E-state index contributed by atoms with van der Waals surface area (Å²) in [7, 11) is 0. The van der Waals surface area contributed by atoms with E-state index in [2.05, 4.69) is 23.3 Å². The van der Waals surface area contributed by atoms with Gasteiger partial charge in [-0.1, -0.05) is 54.1 Å². The molecule has 3 unspecified atom stereocenters. The van der Waals surface area contributed by atoms with Crippen LogP contribution in [0, 0.1) is 13.8 Å². The number of thiol groups is 1. The van der Waals surface area contributed by atoms with Crippen LogP contribution in [0.4, 0.5) is 4.79 Å². The van der Waals surface area contributed by atoms with E-state index in [4.69, 9.17) is 9.47 Å². The first kappa shape index (κ1) is 35.7. The number of nitrogens with one attached hydrogen (secondary N) is 2. The number of carbonyl (C=O) groups is 4. The van der Waals surface area contributed by atoms with Crippen LogP contribution in [0.3, 0.4) is 0 Å². The zero-order valence-corrected chi connectivity index (χ0v) is 27.7. The smallest absolute Gasteiger partial charge is 0.408 e. The van der Waals surface area contributed by atoms with Crippen molar-refractivity contribution < 1.29 is 28.7 Å². The Morgan fingerprint density at radius 2 is 1.47 bits per heavy atom. The van der Waals surface area contributed by atoms with Gasteiger partial charge in [0.1, 0.15) is 29.3 Å². The molecule has 2 N–H and O–H groups in total. The Morgan fingerprint density at radius 3 is 1.98 bits per heavy atom. The molecule has 43 heavy (non-hydrogen) atoms. The molecule has 3 atom stereocenters. The summed E-state index contributed by atoms with van der Waals surface area (Å²) in [5, 5.41) is 5.48. The molecule has 0 saturated carbocycles. The van der Waals surface area contributed by atoms with Crippen LogP contribution in [0.1, 0.15) is 76.8 Å². The number of esters is 1. The molecule has 10 heteroatoms. The monoisotopic (exact) mass is 613 g/mol. The number of hydrogen-bond donors (Lipinski definition) is 3. The van der Waals surface area contributed by atoms with Crippen LogP contribution in [0.2, 0.25) is 0 Å². The highest BCUT2D eigenvalue weighted by molar-refractivity contribution is 7.80. The molecule has 0 spiro atoms. The van der Waals surface area contributed by atoms with Gasteiger partial charge in [0, 0.05) is 18.7 Å². The summed E-state index contributed by atoms with van der Waals surface area (Å²) in [6, 6.07) is 11.7. The van der Waals surface area contributed by atoms with E-state index in [9.17, 15) is 19.2 Å². The number of aryl methyl sites for hydroxylation is 2. The van der Waals surface area contributed by atoms with Gasteiger partial charge in [0.25, 0.3) is 0 Å². The van der Waals surface area contributed by atoms with Crippen molar-refractivity contribution in [2.45, 2.75) is 98.1 Å². The summed E-state index contributed by atoms with van der Waals surface area (Å²) in [4.78, 5) is 55.5. The van der Waals surface area contributed by atoms with Crippen molar-refractivity contribution in [2.75, 3.05) is 12.3 Å². The van der Waals surface area contributed by atoms with Gasteiger partial charge >= 0.3 is 12.1 Å². The molecule has 0 aromatic heterocycles. The van der Waals surface area contributed by atoms with Crippen molar-refractivity contribution in [1.82, 2.24) is 15.5 Å². The minimum atomic E-state index is -1.11. The van der Waals surface area contributed by atoms with E-state index in [0.29, 0.717) is 5.56 Å². The second-order valence-electron chi connectivity index (χ2n) is 12.6. The molecule has 0 radical (unpaired) electrons. The highest BCUT2D eigenvalue weighted by atomic mass is 32.1. The number of ether oxygens (including phenoxy) is 2. The Hall–Kier alpha value is -3.53. The molecule has 0 aliphatic carbocycles. The molecule has 0 saturated heterocycles.